The maximum atomic E-state index is 13.3. The second-order valence-electron chi connectivity index (χ2n) is 4.94. The van der Waals surface area contributed by atoms with Crippen LogP contribution in [0.4, 0.5) is 4.39 Å². The first-order valence-electron chi connectivity index (χ1n) is 6.81. The van der Waals surface area contributed by atoms with E-state index in [-0.39, 0.29) is 24.5 Å². The van der Waals surface area contributed by atoms with Crippen LogP contribution < -0.4 is 15.6 Å². The molecule has 0 radical (unpaired) electrons. The summed E-state index contributed by atoms with van der Waals surface area (Å²) in [4.78, 5) is 26.2. The number of hydrogen-bond donors (Lipinski definition) is 2. The molecular formula is C16H17FN2O3. The normalized spacial score (nSPS) is 10.3. The molecule has 1 heterocycles. The highest BCUT2D eigenvalue weighted by Crippen LogP contribution is 2.14. The number of amides is 1. The molecule has 0 aliphatic rings. The number of H-pyrrole nitrogens is 1. The standard InChI is InChI=1S/C16H17FN2O3/c1-10-7-11(2)19-16(21)12(10)8-18-15(20)9-22-14-6-4-3-5-13(14)17/h3-7H,8-9H2,1-2H3,(H,18,20)(H,19,21). The van der Waals surface area contributed by atoms with Crippen molar-refractivity contribution >= 4 is 5.91 Å². The van der Waals surface area contributed by atoms with Crippen LogP contribution in [0.3, 0.4) is 0 Å². The first-order chi connectivity index (χ1) is 10.5. The summed E-state index contributed by atoms with van der Waals surface area (Å²) in [6.45, 7) is 3.38. The van der Waals surface area contributed by atoms with Gasteiger partial charge in [-0.15, -0.1) is 0 Å². The van der Waals surface area contributed by atoms with Crippen molar-refractivity contribution in [2.45, 2.75) is 20.4 Å². The molecule has 0 spiro atoms. The van der Waals surface area contributed by atoms with Gasteiger partial charge in [-0.3, -0.25) is 9.59 Å². The fourth-order valence-electron chi connectivity index (χ4n) is 2.04. The fourth-order valence-corrected chi connectivity index (χ4v) is 2.04. The van der Waals surface area contributed by atoms with E-state index in [0.29, 0.717) is 5.56 Å². The molecule has 1 aromatic heterocycles. The van der Waals surface area contributed by atoms with Gasteiger partial charge in [0, 0.05) is 17.8 Å². The monoisotopic (exact) mass is 304 g/mol. The Hall–Kier alpha value is -2.63. The minimum atomic E-state index is -0.527. The average molecular weight is 304 g/mol. The average Bonchev–Trinajstić information content (AvgIpc) is 2.45. The van der Waals surface area contributed by atoms with Crippen molar-refractivity contribution < 1.29 is 13.9 Å². The number of hydrogen-bond acceptors (Lipinski definition) is 3. The Bertz CT molecular complexity index is 740. The van der Waals surface area contributed by atoms with E-state index in [0.717, 1.165) is 11.3 Å². The zero-order valence-electron chi connectivity index (χ0n) is 12.4. The quantitative estimate of drug-likeness (QED) is 0.885. The Morgan fingerprint density at radius 2 is 2.05 bits per heavy atom. The molecule has 0 unspecified atom stereocenters. The smallest absolute Gasteiger partial charge is 0.258 e. The Balaban J connectivity index is 1.91. The Morgan fingerprint density at radius 3 is 2.73 bits per heavy atom. The topological polar surface area (TPSA) is 71.2 Å². The second-order valence-corrected chi connectivity index (χ2v) is 4.94. The molecule has 22 heavy (non-hydrogen) atoms. The van der Waals surface area contributed by atoms with Crippen LogP contribution in [0.5, 0.6) is 5.75 Å². The third-order valence-corrected chi connectivity index (χ3v) is 3.15. The lowest BCUT2D eigenvalue weighted by Gasteiger charge is -2.09. The van der Waals surface area contributed by atoms with Crippen molar-refractivity contribution in [2.24, 2.45) is 0 Å². The van der Waals surface area contributed by atoms with Crippen LogP contribution in [-0.2, 0) is 11.3 Å². The summed E-state index contributed by atoms with van der Waals surface area (Å²) in [5, 5.41) is 2.58. The number of carbonyl (C=O) groups excluding carboxylic acids is 1. The molecule has 5 nitrogen and oxygen atoms in total. The highest BCUT2D eigenvalue weighted by molar-refractivity contribution is 5.77. The van der Waals surface area contributed by atoms with Crippen molar-refractivity contribution in [3.05, 3.63) is 63.3 Å². The number of aryl methyl sites for hydroxylation is 2. The number of halogens is 1. The van der Waals surface area contributed by atoms with Crippen LogP contribution in [0, 0.1) is 19.7 Å². The number of rotatable bonds is 5. The number of para-hydroxylation sites is 1. The second kappa shape index (κ2) is 6.89. The molecule has 0 bridgehead atoms. The van der Waals surface area contributed by atoms with Crippen molar-refractivity contribution in [1.82, 2.24) is 10.3 Å². The zero-order chi connectivity index (χ0) is 16.1. The van der Waals surface area contributed by atoms with Gasteiger partial charge < -0.3 is 15.0 Å². The molecular weight excluding hydrogens is 287 g/mol. The third kappa shape index (κ3) is 3.94. The highest BCUT2D eigenvalue weighted by Gasteiger charge is 2.09. The Kier molecular flexibility index (Phi) is 4.93. The van der Waals surface area contributed by atoms with Gasteiger partial charge in [-0.25, -0.2) is 4.39 Å². The number of nitrogens with one attached hydrogen (secondary N) is 2. The van der Waals surface area contributed by atoms with Crippen LogP contribution in [0.25, 0.3) is 0 Å². The van der Waals surface area contributed by atoms with E-state index in [1.54, 1.807) is 19.9 Å². The van der Waals surface area contributed by atoms with E-state index in [1.165, 1.54) is 18.2 Å². The van der Waals surface area contributed by atoms with E-state index in [2.05, 4.69) is 10.3 Å². The number of ether oxygens (including phenoxy) is 1. The van der Waals surface area contributed by atoms with Crippen LogP contribution in [0.2, 0.25) is 0 Å². The number of pyridine rings is 1. The maximum Gasteiger partial charge on any atom is 0.258 e. The van der Waals surface area contributed by atoms with Gasteiger partial charge in [-0.2, -0.15) is 0 Å². The first kappa shape index (κ1) is 15.8. The molecule has 1 aromatic carbocycles. The predicted octanol–water partition coefficient (Wildman–Crippen LogP) is 1.83. The van der Waals surface area contributed by atoms with Gasteiger partial charge in [-0.1, -0.05) is 12.1 Å². The molecule has 1 amide bonds. The lowest BCUT2D eigenvalue weighted by Crippen LogP contribution is -2.31. The van der Waals surface area contributed by atoms with Crippen molar-refractivity contribution in [3.63, 3.8) is 0 Å². The number of aromatic amines is 1. The summed E-state index contributed by atoms with van der Waals surface area (Å²) < 4.78 is 18.4. The lowest BCUT2D eigenvalue weighted by molar-refractivity contribution is -0.123. The highest BCUT2D eigenvalue weighted by atomic mass is 19.1. The van der Waals surface area contributed by atoms with Crippen LogP contribution >= 0.6 is 0 Å². The van der Waals surface area contributed by atoms with E-state index in [9.17, 15) is 14.0 Å². The van der Waals surface area contributed by atoms with Gasteiger partial charge in [0.15, 0.2) is 18.2 Å². The van der Waals surface area contributed by atoms with E-state index < -0.39 is 11.7 Å². The summed E-state index contributed by atoms with van der Waals surface area (Å²) in [6, 6.07) is 7.68. The SMILES string of the molecule is Cc1cc(C)c(CNC(=O)COc2ccccc2F)c(=O)[nH]1. The van der Waals surface area contributed by atoms with Crippen molar-refractivity contribution in [3.8, 4) is 5.75 Å². The largest absolute Gasteiger partial charge is 0.481 e. The maximum absolute atomic E-state index is 13.3. The fraction of sp³-hybridized carbons (Fsp3) is 0.250. The molecule has 116 valence electrons. The van der Waals surface area contributed by atoms with Gasteiger partial charge >= 0.3 is 0 Å². The molecule has 0 aliphatic carbocycles. The van der Waals surface area contributed by atoms with E-state index >= 15 is 0 Å². The van der Waals surface area contributed by atoms with E-state index in [4.69, 9.17) is 4.74 Å². The summed E-state index contributed by atoms with van der Waals surface area (Å²) in [6.07, 6.45) is 0. The van der Waals surface area contributed by atoms with Crippen molar-refractivity contribution in [2.75, 3.05) is 6.61 Å². The predicted molar refractivity (Wildman–Crippen MR) is 80.3 cm³/mol. The molecule has 0 saturated heterocycles. The molecule has 2 rings (SSSR count). The Labute approximate surface area is 127 Å². The van der Waals surface area contributed by atoms with Crippen molar-refractivity contribution in [1.29, 1.82) is 0 Å². The first-order valence-corrected chi connectivity index (χ1v) is 6.81. The van der Waals surface area contributed by atoms with Gasteiger partial charge in [0.05, 0.1) is 0 Å². The number of carbonyl (C=O) groups is 1. The molecule has 6 heteroatoms. The molecule has 0 saturated carbocycles. The summed E-state index contributed by atoms with van der Waals surface area (Å²) in [7, 11) is 0. The molecule has 2 aromatic rings. The van der Waals surface area contributed by atoms with Crippen LogP contribution in [-0.4, -0.2) is 17.5 Å². The van der Waals surface area contributed by atoms with Gasteiger partial charge in [0.2, 0.25) is 0 Å². The van der Waals surface area contributed by atoms with Crippen LogP contribution in [0.1, 0.15) is 16.8 Å². The van der Waals surface area contributed by atoms with Gasteiger partial charge in [-0.05, 0) is 37.6 Å². The molecule has 0 atom stereocenters. The van der Waals surface area contributed by atoms with Gasteiger partial charge in [0.1, 0.15) is 0 Å². The summed E-state index contributed by atoms with van der Waals surface area (Å²) in [5.41, 5.74) is 1.83. The third-order valence-electron chi connectivity index (χ3n) is 3.15. The minimum Gasteiger partial charge on any atom is -0.481 e. The van der Waals surface area contributed by atoms with E-state index in [1.807, 2.05) is 6.07 Å². The Morgan fingerprint density at radius 1 is 1.32 bits per heavy atom. The van der Waals surface area contributed by atoms with Gasteiger partial charge in [0.25, 0.3) is 11.5 Å². The molecule has 2 N–H and O–H groups in total. The lowest BCUT2D eigenvalue weighted by atomic mass is 10.1. The van der Waals surface area contributed by atoms with Crippen LogP contribution in [0.15, 0.2) is 35.1 Å². The minimum absolute atomic E-state index is 0.0158. The number of aromatic nitrogens is 1. The zero-order valence-corrected chi connectivity index (χ0v) is 12.4. The number of benzene rings is 1. The molecule has 0 aliphatic heterocycles. The molecule has 0 fully saturated rings. The summed E-state index contributed by atoms with van der Waals surface area (Å²) in [5.74, 6) is -0.939. The summed E-state index contributed by atoms with van der Waals surface area (Å²) >= 11 is 0.